The third kappa shape index (κ3) is 2.13. The smallest absolute Gasteiger partial charge is 0.183 e. The Balaban J connectivity index is 2.05. The summed E-state index contributed by atoms with van der Waals surface area (Å²) in [6, 6.07) is 0. The van der Waals surface area contributed by atoms with Crippen molar-refractivity contribution in [2.75, 3.05) is 12.3 Å². The lowest BCUT2D eigenvalue weighted by atomic mass is 9.98. The number of hydrogen-bond donors (Lipinski definition) is 5. The van der Waals surface area contributed by atoms with Crippen molar-refractivity contribution < 1.29 is 25.2 Å². The maximum atomic E-state index is 10.1. The number of ether oxygens (including phenoxy) is 1. The van der Waals surface area contributed by atoms with E-state index in [1.807, 2.05) is 0 Å². The first-order valence-electron chi connectivity index (χ1n) is 6.28. The van der Waals surface area contributed by atoms with E-state index in [4.69, 9.17) is 10.5 Å². The first kappa shape index (κ1) is 14.1. The molecule has 0 saturated carbocycles. The van der Waals surface area contributed by atoms with Crippen LogP contribution in [0.2, 0.25) is 0 Å². The number of aromatic nitrogens is 4. The number of rotatable bonds is 2. The van der Waals surface area contributed by atoms with E-state index in [0.29, 0.717) is 11.2 Å². The maximum Gasteiger partial charge on any atom is 0.183 e. The van der Waals surface area contributed by atoms with E-state index in [0.717, 1.165) is 0 Å². The Labute approximate surface area is 118 Å². The van der Waals surface area contributed by atoms with Crippen molar-refractivity contribution in [1.29, 1.82) is 0 Å². The van der Waals surface area contributed by atoms with Crippen molar-refractivity contribution in [3.63, 3.8) is 0 Å². The van der Waals surface area contributed by atoms with Gasteiger partial charge in [-0.05, 0) is 0 Å². The zero-order valence-electron chi connectivity index (χ0n) is 10.8. The first-order valence-corrected chi connectivity index (χ1v) is 6.28. The number of aliphatic hydroxyl groups excluding tert-OH is 4. The Morgan fingerprint density at radius 3 is 2.62 bits per heavy atom. The minimum absolute atomic E-state index is 0.134. The Morgan fingerprint density at radius 2 is 1.90 bits per heavy atom. The van der Waals surface area contributed by atoms with Crippen molar-refractivity contribution >= 4 is 17.0 Å². The molecule has 0 radical (unpaired) electrons. The molecule has 1 fully saturated rings. The minimum Gasteiger partial charge on any atom is -0.394 e. The van der Waals surface area contributed by atoms with E-state index >= 15 is 0 Å². The summed E-state index contributed by atoms with van der Waals surface area (Å²) in [5.74, 6) is 0.134. The Morgan fingerprint density at radius 1 is 1.14 bits per heavy atom. The summed E-state index contributed by atoms with van der Waals surface area (Å²) in [5.41, 5.74) is 6.41. The van der Waals surface area contributed by atoms with Crippen LogP contribution in [-0.2, 0) is 4.74 Å². The van der Waals surface area contributed by atoms with Gasteiger partial charge in [0.25, 0.3) is 0 Å². The van der Waals surface area contributed by atoms with Gasteiger partial charge in [-0.2, -0.15) is 0 Å². The lowest BCUT2D eigenvalue weighted by molar-refractivity contribution is -0.250. The molecule has 2 aromatic heterocycles. The van der Waals surface area contributed by atoms with Crippen LogP contribution in [-0.4, -0.2) is 71.0 Å². The van der Waals surface area contributed by atoms with Gasteiger partial charge < -0.3 is 30.9 Å². The monoisotopic (exact) mass is 297 g/mol. The second-order valence-electron chi connectivity index (χ2n) is 4.80. The van der Waals surface area contributed by atoms with Crippen LogP contribution >= 0.6 is 0 Å². The predicted molar refractivity (Wildman–Crippen MR) is 68.8 cm³/mol. The Bertz CT molecular complexity index is 647. The standard InChI is InChI=1S/C11H15N5O5/c12-9-5-10(14-2-13-9)15-3-16(5)11-8(20)7(19)6(18)4(1-17)21-11/h2-4,6-8,11,17-20H,1H2,(H2,12,13,14)/t4-,6-,7+,8-,11?/m1/s1. The lowest BCUT2D eigenvalue weighted by Gasteiger charge is -2.40. The summed E-state index contributed by atoms with van der Waals surface area (Å²) < 4.78 is 6.81. The van der Waals surface area contributed by atoms with Gasteiger partial charge in [-0.25, -0.2) is 15.0 Å². The Hall–Kier alpha value is -1.85. The highest BCUT2D eigenvalue weighted by Crippen LogP contribution is 2.31. The van der Waals surface area contributed by atoms with Crippen LogP contribution in [0, 0.1) is 0 Å². The van der Waals surface area contributed by atoms with Gasteiger partial charge in [0.05, 0.1) is 6.61 Å². The third-order valence-electron chi connectivity index (χ3n) is 3.54. The van der Waals surface area contributed by atoms with E-state index in [-0.39, 0.29) is 5.82 Å². The largest absolute Gasteiger partial charge is 0.394 e. The molecule has 10 heteroatoms. The molecule has 0 aromatic carbocycles. The predicted octanol–water partition coefficient (Wildman–Crippen LogP) is -2.62. The van der Waals surface area contributed by atoms with Crippen LogP contribution in [0.3, 0.4) is 0 Å². The quantitative estimate of drug-likeness (QED) is 0.400. The van der Waals surface area contributed by atoms with Gasteiger partial charge in [0.15, 0.2) is 17.7 Å². The molecule has 21 heavy (non-hydrogen) atoms. The zero-order valence-corrected chi connectivity index (χ0v) is 10.8. The molecule has 3 heterocycles. The van der Waals surface area contributed by atoms with Crippen molar-refractivity contribution in [3.05, 3.63) is 12.7 Å². The number of imidazole rings is 1. The van der Waals surface area contributed by atoms with Crippen molar-refractivity contribution in [2.24, 2.45) is 0 Å². The molecule has 1 aliphatic heterocycles. The number of nitrogens with two attached hydrogens (primary N) is 1. The van der Waals surface area contributed by atoms with Gasteiger partial charge in [-0.15, -0.1) is 0 Å². The lowest BCUT2D eigenvalue weighted by Crippen LogP contribution is -2.56. The van der Waals surface area contributed by atoms with Gasteiger partial charge >= 0.3 is 0 Å². The van der Waals surface area contributed by atoms with E-state index in [2.05, 4.69) is 15.0 Å². The number of aliphatic hydroxyl groups is 4. The molecule has 0 amide bonds. The fourth-order valence-corrected chi connectivity index (χ4v) is 2.40. The SMILES string of the molecule is Nc1ncnc2ncn(C3O[C@H](CO)[C@@H](O)[C@H](O)[C@H]3O)c12. The molecule has 10 nitrogen and oxygen atoms in total. The van der Waals surface area contributed by atoms with E-state index in [1.54, 1.807) is 0 Å². The molecule has 3 rings (SSSR count). The molecule has 1 unspecified atom stereocenters. The van der Waals surface area contributed by atoms with Crippen molar-refractivity contribution in [1.82, 2.24) is 19.5 Å². The molecule has 0 bridgehead atoms. The zero-order chi connectivity index (χ0) is 15.1. The average molecular weight is 297 g/mol. The van der Waals surface area contributed by atoms with Crippen molar-refractivity contribution in [2.45, 2.75) is 30.6 Å². The summed E-state index contributed by atoms with van der Waals surface area (Å²) in [7, 11) is 0. The van der Waals surface area contributed by atoms with Crippen LogP contribution in [0.1, 0.15) is 6.23 Å². The van der Waals surface area contributed by atoms with Gasteiger partial charge in [0.1, 0.15) is 42.6 Å². The molecule has 6 N–H and O–H groups in total. The molecule has 114 valence electrons. The Kier molecular flexibility index (Phi) is 3.47. The summed E-state index contributed by atoms with van der Waals surface area (Å²) in [5, 5.41) is 38.9. The van der Waals surface area contributed by atoms with Crippen LogP contribution in [0.15, 0.2) is 12.7 Å². The second kappa shape index (κ2) is 5.16. The topological polar surface area (TPSA) is 160 Å². The normalized spacial score (nSPS) is 33.4. The average Bonchev–Trinajstić information content (AvgIpc) is 2.91. The highest BCUT2D eigenvalue weighted by atomic mass is 16.6. The van der Waals surface area contributed by atoms with Crippen molar-refractivity contribution in [3.8, 4) is 0 Å². The summed E-state index contributed by atoms with van der Waals surface area (Å²) in [6.45, 7) is -0.514. The van der Waals surface area contributed by atoms with Gasteiger partial charge in [-0.1, -0.05) is 0 Å². The number of nitrogens with zero attached hydrogens (tertiary/aromatic N) is 4. The molecular weight excluding hydrogens is 282 g/mol. The number of fused-ring (bicyclic) bond motifs is 1. The molecule has 0 spiro atoms. The molecule has 0 aliphatic carbocycles. The molecule has 2 aromatic rings. The summed E-state index contributed by atoms with van der Waals surface area (Å²) >= 11 is 0. The molecule has 1 aliphatic rings. The first-order chi connectivity index (χ1) is 10.0. The van der Waals surface area contributed by atoms with Crippen LogP contribution < -0.4 is 5.73 Å². The maximum absolute atomic E-state index is 10.1. The van der Waals surface area contributed by atoms with Crippen LogP contribution in [0.5, 0.6) is 0 Å². The fourth-order valence-electron chi connectivity index (χ4n) is 2.40. The van der Waals surface area contributed by atoms with Gasteiger partial charge in [0.2, 0.25) is 0 Å². The second-order valence-corrected chi connectivity index (χ2v) is 4.80. The highest BCUT2D eigenvalue weighted by molar-refractivity contribution is 5.81. The number of hydrogen-bond acceptors (Lipinski definition) is 9. The summed E-state index contributed by atoms with van der Waals surface area (Å²) in [4.78, 5) is 11.8. The van der Waals surface area contributed by atoms with Gasteiger partial charge in [-0.3, -0.25) is 4.57 Å². The highest BCUT2D eigenvalue weighted by Gasteiger charge is 2.44. The fraction of sp³-hybridized carbons (Fsp3) is 0.545. The minimum atomic E-state index is -1.48. The molecule has 5 atom stereocenters. The number of nitrogen functional groups attached to an aromatic ring is 1. The third-order valence-corrected chi connectivity index (χ3v) is 3.54. The molecule has 1 saturated heterocycles. The molecular formula is C11H15N5O5. The van der Waals surface area contributed by atoms with Crippen LogP contribution in [0.25, 0.3) is 11.2 Å². The van der Waals surface area contributed by atoms with E-state index in [9.17, 15) is 20.4 Å². The van der Waals surface area contributed by atoms with Gasteiger partial charge in [0, 0.05) is 0 Å². The summed E-state index contributed by atoms with van der Waals surface area (Å²) in [6.07, 6.45) is -3.85. The van der Waals surface area contributed by atoms with Crippen LogP contribution in [0.4, 0.5) is 5.82 Å². The number of anilines is 1. The van der Waals surface area contributed by atoms with E-state index in [1.165, 1.54) is 17.2 Å². The van der Waals surface area contributed by atoms with E-state index < -0.39 is 37.3 Å².